The van der Waals surface area contributed by atoms with Crippen molar-refractivity contribution in [3.8, 4) is 0 Å². The number of rotatable bonds is 2. The first-order valence-corrected chi connectivity index (χ1v) is 7.82. The molecule has 0 radical (unpaired) electrons. The van der Waals surface area contributed by atoms with E-state index in [2.05, 4.69) is 76.4 Å². The summed E-state index contributed by atoms with van der Waals surface area (Å²) in [6.45, 7) is 13.6. The maximum Gasteiger partial charge on any atom is 0.0307 e. The van der Waals surface area contributed by atoms with Crippen LogP contribution in [-0.2, 0) is 0 Å². The van der Waals surface area contributed by atoms with Gasteiger partial charge in [0, 0.05) is 35.0 Å². The SMILES string of the molecule is CC(C)(C)NC1C(NC(C)(C)C)C2c3ccccc3C12. The molecule has 2 N–H and O–H groups in total. The van der Waals surface area contributed by atoms with Crippen molar-refractivity contribution >= 4 is 0 Å². The first kappa shape index (κ1) is 14.1. The molecule has 1 fully saturated rings. The lowest BCUT2D eigenvalue weighted by Gasteiger charge is -2.63. The Balaban J connectivity index is 1.85. The minimum atomic E-state index is 0.165. The summed E-state index contributed by atoms with van der Waals surface area (Å²) in [6, 6.07) is 10.1. The lowest BCUT2D eigenvalue weighted by molar-refractivity contribution is 0.0837. The van der Waals surface area contributed by atoms with E-state index in [1.807, 2.05) is 0 Å². The molecule has 0 saturated heterocycles. The van der Waals surface area contributed by atoms with E-state index in [1.165, 1.54) is 0 Å². The first-order chi connectivity index (χ1) is 9.17. The van der Waals surface area contributed by atoms with E-state index < -0.39 is 0 Å². The van der Waals surface area contributed by atoms with E-state index in [1.54, 1.807) is 11.1 Å². The minimum absolute atomic E-state index is 0.165. The standard InChI is InChI=1S/C18H28N2/c1-17(2,3)19-15-13-11-9-7-8-10-12(11)14(13)16(15)20-18(4,5)6/h7-10,13-16,19-20H,1-6H3. The van der Waals surface area contributed by atoms with Gasteiger partial charge in [0.15, 0.2) is 0 Å². The van der Waals surface area contributed by atoms with E-state index in [0.29, 0.717) is 23.9 Å². The Hall–Kier alpha value is -0.860. The zero-order valence-corrected chi connectivity index (χ0v) is 13.6. The lowest BCUT2D eigenvalue weighted by atomic mass is 9.49. The van der Waals surface area contributed by atoms with Crippen LogP contribution in [0.25, 0.3) is 0 Å². The average Bonchev–Trinajstić information content (AvgIpc) is 2.24. The van der Waals surface area contributed by atoms with Gasteiger partial charge in [-0.3, -0.25) is 0 Å². The van der Waals surface area contributed by atoms with Crippen LogP contribution in [0, 0.1) is 0 Å². The van der Waals surface area contributed by atoms with E-state index in [4.69, 9.17) is 0 Å². The molecule has 2 nitrogen and oxygen atoms in total. The molecule has 1 saturated carbocycles. The Morgan fingerprint density at radius 2 is 1.05 bits per heavy atom. The molecule has 0 aliphatic heterocycles. The molecule has 2 aliphatic carbocycles. The summed E-state index contributed by atoms with van der Waals surface area (Å²) in [5.74, 6) is 1.40. The van der Waals surface area contributed by atoms with Crippen LogP contribution in [0.2, 0.25) is 0 Å². The molecule has 0 heterocycles. The molecule has 0 aromatic heterocycles. The molecule has 4 atom stereocenters. The van der Waals surface area contributed by atoms with Gasteiger partial charge in [0.1, 0.15) is 0 Å². The summed E-state index contributed by atoms with van der Waals surface area (Å²) < 4.78 is 0. The topological polar surface area (TPSA) is 24.1 Å². The fourth-order valence-electron chi connectivity index (χ4n) is 3.90. The highest BCUT2D eigenvalue weighted by atomic mass is 15.1. The molecule has 0 amide bonds. The van der Waals surface area contributed by atoms with Crippen molar-refractivity contribution in [2.75, 3.05) is 0 Å². The third kappa shape index (κ3) is 2.29. The summed E-state index contributed by atoms with van der Waals surface area (Å²) in [5.41, 5.74) is 3.45. The second-order valence-corrected chi connectivity index (χ2v) is 8.52. The van der Waals surface area contributed by atoms with Crippen LogP contribution in [-0.4, -0.2) is 23.2 Å². The molecule has 3 rings (SSSR count). The van der Waals surface area contributed by atoms with Crippen LogP contribution >= 0.6 is 0 Å². The van der Waals surface area contributed by atoms with Crippen LogP contribution in [0.3, 0.4) is 0 Å². The van der Waals surface area contributed by atoms with Gasteiger partial charge < -0.3 is 10.6 Å². The molecule has 1 aromatic carbocycles. The summed E-state index contributed by atoms with van der Waals surface area (Å²) in [4.78, 5) is 0. The maximum absolute atomic E-state index is 3.84. The zero-order valence-electron chi connectivity index (χ0n) is 13.6. The minimum Gasteiger partial charge on any atom is -0.307 e. The van der Waals surface area contributed by atoms with Gasteiger partial charge in [0.25, 0.3) is 0 Å². The van der Waals surface area contributed by atoms with Gasteiger partial charge in [0.05, 0.1) is 0 Å². The van der Waals surface area contributed by atoms with Gasteiger partial charge >= 0.3 is 0 Å². The van der Waals surface area contributed by atoms with Crippen molar-refractivity contribution in [3.63, 3.8) is 0 Å². The van der Waals surface area contributed by atoms with Crippen LogP contribution in [0.15, 0.2) is 24.3 Å². The maximum atomic E-state index is 3.84. The quantitative estimate of drug-likeness (QED) is 0.862. The largest absolute Gasteiger partial charge is 0.307 e. The third-order valence-electron chi connectivity index (χ3n) is 4.46. The highest BCUT2D eigenvalue weighted by Gasteiger charge is 2.59. The molecule has 0 bridgehead atoms. The lowest BCUT2D eigenvalue weighted by Crippen LogP contribution is -2.73. The van der Waals surface area contributed by atoms with Crippen molar-refractivity contribution in [1.29, 1.82) is 0 Å². The van der Waals surface area contributed by atoms with Gasteiger partial charge in [-0.25, -0.2) is 0 Å². The predicted octanol–water partition coefficient (Wildman–Crippen LogP) is 3.39. The monoisotopic (exact) mass is 272 g/mol. The number of hydrogen-bond acceptors (Lipinski definition) is 2. The molecule has 0 spiro atoms. The van der Waals surface area contributed by atoms with Crippen molar-refractivity contribution in [2.24, 2.45) is 0 Å². The van der Waals surface area contributed by atoms with Crippen molar-refractivity contribution < 1.29 is 0 Å². The van der Waals surface area contributed by atoms with Gasteiger partial charge in [-0.1, -0.05) is 24.3 Å². The van der Waals surface area contributed by atoms with Gasteiger partial charge in [0.2, 0.25) is 0 Å². The Morgan fingerprint density at radius 3 is 1.35 bits per heavy atom. The third-order valence-corrected chi connectivity index (χ3v) is 4.46. The van der Waals surface area contributed by atoms with E-state index in [-0.39, 0.29) is 11.1 Å². The number of nitrogens with one attached hydrogen (secondary N) is 2. The Kier molecular flexibility index (Phi) is 3.04. The Bertz CT molecular complexity index is 460. The van der Waals surface area contributed by atoms with Crippen LogP contribution in [0.5, 0.6) is 0 Å². The normalized spacial score (nSPS) is 31.9. The van der Waals surface area contributed by atoms with Crippen LogP contribution in [0.1, 0.15) is 64.5 Å². The smallest absolute Gasteiger partial charge is 0.0307 e. The molecule has 20 heavy (non-hydrogen) atoms. The summed E-state index contributed by atoms with van der Waals surface area (Å²) in [5, 5.41) is 7.68. The van der Waals surface area contributed by atoms with Crippen LogP contribution in [0.4, 0.5) is 0 Å². The van der Waals surface area contributed by atoms with Crippen molar-refractivity contribution in [1.82, 2.24) is 10.6 Å². The fraction of sp³-hybridized carbons (Fsp3) is 0.667. The first-order valence-electron chi connectivity index (χ1n) is 7.82. The van der Waals surface area contributed by atoms with Crippen molar-refractivity contribution in [3.05, 3.63) is 35.4 Å². The second-order valence-electron chi connectivity index (χ2n) is 8.52. The van der Waals surface area contributed by atoms with Gasteiger partial charge in [-0.2, -0.15) is 0 Å². The van der Waals surface area contributed by atoms with Crippen LogP contribution < -0.4 is 10.6 Å². The predicted molar refractivity (Wildman–Crippen MR) is 85.3 cm³/mol. The Morgan fingerprint density at radius 1 is 0.700 bits per heavy atom. The number of fused-ring (bicyclic) bond motifs is 4. The molecular weight excluding hydrogens is 244 g/mol. The van der Waals surface area contributed by atoms with Gasteiger partial charge in [-0.15, -0.1) is 0 Å². The molecule has 1 aromatic rings. The summed E-state index contributed by atoms with van der Waals surface area (Å²) >= 11 is 0. The molecular formula is C18H28N2. The zero-order chi connectivity index (χ0) is 14.7. The highest BCUT2D eigenvalue weighted by Crippen LogP contribution is 2.60. The molecule has 4 unspecified atom stereocenters. The second kappa shape index (κ2) is 4.32. The molecule has 110 valence electrons. The highest BCUT2D eigenvalue weighted by molar-refractivity contribution is 5.53. The van der Waals surface area contributed by atoms with Crippen molar-refractivity contribution in [2.45, 2.75) is 76.5 Å². The van der Waals surface area contributed by atoms with E-state index in [0.717, 1.165) is 0 Å². The molecule has 2 aliphatic rings. The molecule has 2 heteroatoms. The van der Waals surface area contributed by atoms with Gasteiger partial charge in [-0.05, 0) is 52.7 Å². The summed E-state index contributed by atoms with van der Waals surface area (Å²) in [7, 11) is 0. The fourth-order valence-corrected chi connectivity index (χ4v) is 3.90. The summed E-state index contributed by atoms with van der Waals surface area (Å²) in [6.07, 6.45) is 0. The Labute approximate surface area is 123 Å². The average molecular weight is 272 g/mol. The number of benzene rings is 1. The van der Waals surface area contributed by atoms with E-state index in [9.17, 15) is 0 Å². The van der Waals surface area contributed by atoms with E-state index >= 15 is 0 Å². The number of hydrogen-bond donors (Lipinski definition) is 2.